The van der Waals surface area contributed by atoms with Crippen LogP contribution >= 0.6 is 15.9 Å². The van der Waals surface area contributed by atoms with E-state index in [1.807, 2.05) is 35.8 Å². The summed E-state index contributed by atoms with van der Waals surface area (Å²) in [6, 6.07) is 1.88. The van der Waals surface area contributed by atoms with E-state index in [0.29, 0.717) is 5.92 Å². The Morgan fingerprint density at radius 3 is 2.71 bits per heavy atom. The van der Waals surface area contributed by atoms with Gasteiger partial charge in [-0.05, 0) is 40.8 Å². The maximum Gasteiger partial charge on any atom is 0.270 e. The first kappa shape index (κ1) is 12.7. The molecule has 0 aliphatic heterocycles. The van der Waals surface area contributed by atoms with Gasteiger partial charge in [-0.25, -0.2) is 0 Å². The molecule has 0 bridgehead atoms. The SMILES string of the molecule is CN(CC1CCCC1)C(=O)c1cc(Br)cn1C. The van der Waals surface area contributed by atoms with Gasteiger partial charge in [-0.2, -0.15) is 0 Å². The number of halogens is 1. The summed E-state index contributed by atoms with van der Waals surface area (Å²) in [4.78, 5) is 14.1. The third kappa shape index (κ3) is 2.92. The highest BCUT2D eigenvalue weighted by atomic mass is 79.9. The molecule has 1 aromatic rings. The number of aryl methyl sites for hydroxylation is 1. The monoisotopic (exact) mass is 298 g/mol. The first-order valence-corrected chi connectivity index (χ1v) is 6.94. The molecule has 1 amide bonds. The van der Waals surface area contributed by atoms with Gasteiger partial charge in [-0.15, -0.1) is 0 Å². The van der Waals surface area contributed by atoms with Crippen molar-refractivity contribution >= 4 is 21.8 Å². The zero-order valence-corrected chi connectivity index (χ0v) is 12.0. The van der Waals surface area contributed by atoms with Crippen LogP contribution in [-0.2, 0) is 7.05 Å². The highest BCUT2D eigenvalue weighted by Gasteiger charge is 2.21. The van der Waals surface area contributed by atoms with Crippen molar-refractivity contribution < 1.29 is 4.79 Å². The van der Waals surface area contributed by atoms with Crippen molar-refractivity contribution in [3.63, 3.8) is 0 Å². The molecule has 1 aliphatic carbocycles. The molecule has 3 nitrogen and oxygen atoms in total. The Morgan fingerprint density at radius 2 is 2.18 bits per heavy atom. The number of carbonyl (C=O) groups excluding carboxylic acids is 1. The van der Waals surface area contributed by atoms with Crippen LogP contribution in [0.2, 0.25) is 0 Å². The van der Waals surface area contributed by atoms with E-state index < -0.39 is 0 Å². The third-order valence-corrected chi connectivity index (χ3v) is 3.98. The Morgan fingerprint density at radius 1 is 1.53 bits per heavy atom. The molecule has 17 heavy (non-hydrogen) atoms. The molecule has 1 heterocycles. The minimum atomic E-state index is 0.116. The molecule has 0 atom stereocenters. The van der Waals surface area contributed by atoms with E-state index in [1.165, 1.54) is 25.7 Å². The predicted molar refractivity (Wildman–Crippen MR) is 72.0 cm³/mol. The molecule has 0 aromatic carbocycles. The van der Waals surface area contributed by atoms with E-state index in [4.69, 9.17) is 0 Å². The van der Waals surface area contributed by atoms with Crippen molar-refractivity contribution in [2.45, 2.75) is 25.7 Å². The number of amides is 1. The molecular formula is C13H19BrN2O. The molecule has 1 aliphatic rings. The van der Waals surface area contributed by atoms with E-state index >= 15 is 0 Å². The van der Waals surface area contributed by atoms with Gasteiger partial charge < -0.3 is 9.47 Å². The molecule has 0 saturated heterocycles. The fraction of sp³-hybridized carbons (Fsp3) is 0.615. The van der Waals surface area contributed by atoms with Gasteiger partial charge in [0.25, 0.3) is 5.91 Å². The highest BCUT2D eigenvalue weighted by molar-refractivity contribution is 9.10. The molecular weight excluding hydrogens is 280 g/mol. The van der Waals surface area contributed by atoms with Gasteiger partial charge in [0.2, 0.25) is 0 Å². The Bertz CT molecular complexity index is 408. The number of carbonyl (C=O) groups is 1. The normalized spacial score (nSPS) is 16.4. The average Bonchev–Trinajstić information content (AvgIpc) is 2.87. The van der Waals surface area contributed by atoms with Crippen LogP contribution in [0.5, 0.6) is 0 Å². The molecule has 0 N–H and O–H groups in total. The van der Waals surface area contributed by atoms with Gasteiger partial charge >= 0.3 is 0 Å². The summed E-state index contributed by atoms with van der Waals surface area (Å²) in [7, 11) is 3.81. The number of hydrogen-bond donors (Lipinski definition) is 0. The minimum Gasteiger partial charge on any atom is -0.345 e. The summed E-state index contributed by atoms with van der Waals surface area (Å²) < 4.78 is 2.83. The lowest BCUT2D eigenvalue weighted by Crippen LogP contribution is -2.32. The maximum absolute atomic E-state index is 12.3. The number of hydrogen-bond acceptors (Lipinski definition) is 1. The molecule has 1 fully saturated rings. The zero-order chi connectivity index (χ0) is 12.4. The average molecular weight is 299 g/mol. The van der Waals surface area contributed by atoms with Gasteiger partial charge in [0.05, 0.1) is 0 Å². The quantitative estimate of drug-likeness (QED) is 0.842. The van der Waals surface area contributed by atoms with Crippen molar-refractivity contribution in [1.29, 1.82) is 0 Å². The van der Waals surface area contributed by atoms with Crippen LogP contribution in [0.15, 0.2) is 16.7 Å². The molecule has 0 radical (unpaired) electrons. The fourth-order valence-electron chi connectivity index (χ4n) is 2.60. The molecule has 0 spiro atoms. The second-order valence-corrected chi connectivity index (χ2v) is 5.91. The maximum atomic E-state index is 12.3. The third-order valence-electron chi connectivity index (χ3n) is 3.54. The first-order valence-electron chi connectivity index (χ1n) is 6.15. The zero-order valence-electron chi connectivity index (χ0n) is 10.4. The summed E-state index contributed by atoms with van der Waals surface area (Å²) in [6.45, 7) is 0.891. The lowest BCUT2D eigenvalue weighted by atomic mass is 10.1. The molecule has 94 valence electrons. The van der Waals surface area contributed by atoms with Crippen LogP contribution in [0.25, 0.3) is 0 Å². The summed E-state index contributed by atoms with van der Waals surface area (Å²) in [5, 5.41) is 0. The van der Waals surface area contributed by atoms with Crippen molar-refractivity contribution in [3.05, 3.63) is 22.4 Å². The fourth-order valence-corrected chi connectivity index (χ4v) is 3.12. The number of nitrogens with zero attached hydrogens (tertiary/aromatic N) is 2. The number of aromatic nitrogens is 1. The Balaban J connectivity index is 2.01. The van der Waals surface area contributed by atoms with Gasteiger partial charge in [0.15, 0.2) is 0 Å². The van der Waals surface area contributed by atoms with E-state index in [2.05, 4.69) is 15.9 Å². The van der Waals surface area contributed by atoms with Crippen LogP contribution in [0, 0.1) is 5.92 Å². The molecule has 2 rings (SSSR count). The number of rotatable bonds is 3. The van der Waals surface area contributed by atoms with Gasteiger partial charge in [0.1, 0.15) is 5.69 Å². The Hall–Kier alpha value is -0.770. The van der Waals surface area contributed by atoms with Gasteiger partial charge in [-0.1, -0.05) is 12.8 Å². The second kappa shape index (κ2) is 5.25. The van der Waals surface area contributed by atoms with Crippen molar-refractivity contribution in [3.8, 4) is 0 Å². The molecule has 1 saturated carbocycles. The second-order valence-electron chi connectivity index (χ2n) is 4.99. The van der Waals surface area contributed by atoms with E-state index in [9.17, 15) is 4.79 Å². The van der Waals surface area contributed by atoms with Crippen LogP contribution in [-0.4, -0.2) is 29.0 Å². The van der Waals surface area contributed by atoms with Crippen molar-refractivity contribution in [2.75, 3.05) is 13.6 Å². The van der Waals surface area contributed by atoms with E-state index in [1.54, 1.807) is 0 Å². The van der Waals surface area contributed by atoms with Crippen LogP contribution in [0.1, 0.15) is 36.2 Å². The summed E-state index contributed by atoms with van der Waals surface area (Å²) in [6.07, 6.45) is 7.10. The van der Waals surface area contributed by atoms with Crippen LogP contribution < -0.4 is 0 Å². The molecule has 0 unspecified atom stereocenters. The van der Waals surface area contributed by atoms with Gasteiger partial charge in [0, 0.05) is 31.3 Å². The largest absolute Gasteiger partial charge is 0.345 e. The molecule has 4 heteroatoms. The van der Waals surface area contributed by atoms with Crippen molar-refractivity contribution in [2.24, 2.45) is 13.0 Å². The Kier molecular flexibility index (Phi) is 3.92. The Labute approximate surface area is 111 Å². The first-order chi connectivity index (χ1) is 8.08. The lowest BCUT2D eigenvalue weighted by molar-refractivity contribution is 0.0764. The van der Waals surface area contributed by atoms with E-state index in [-0.39, 0.29) is 5.91 Å². The molecule has 1 aromatic heterocycles. The van der Waals surface area contributed by atoms with Crippen molar-refractivity contribution in [1.82, 2.24) is 9.47 Å². The van der Waals surface area contributed by atoms with Crippen LogP contribution in [0.3, 0.4) is 0 Å². The lowest BCUT2D eigenvalue weighted by Gasteiger charge is -2.21. The highest BCUT2D eigenvalue weighted by Crippen LogP contribution is 2.25. The summed E-state index contributed by atoms with van der Waals surface area (Å²) >= 11 is 3.40. The smallest absolute Gasteiger partial charge is 0.270 e. The summed E-state index contributed by atoms with van der Waals surface area (Å²) in [5.41, 5.74) is 0.748. The van der Waals surface area contributed by atoms with Crippen LogP contribution in [0.4, 0.5) is 0 Å². The minimum absolute atomic E-state index is 0.116. The van der Waals surface area contributed by atoms with Gasteiger partial charge in [-0.3, -0.25) is 4.79 Å². The standard InChI is InChI=1S/C13H19BrN2O/c1-15-9-11(14)7-12(15)13(17)16(2)8-10-5-3-4-6-10/h7,9-10H,3-6,8H2,1-2H3. The predicted octanol–water partition coefficient (Wildman–Crippen LogP) is 3.05. The topological polar surface area (TPSA) is 25.2 Å². The summed E-state index contributed by atoms with van der Waals surface area (Å²) in [5.74, 6) is 0.817. The van der Waals surface area contributed by atoms with E-state index in [0.717, 1.165) is 16.7 Å².